The third-order valence-corrected chi connectivity index (χ3v) is 11.3. The van der Waals surface area contributed by atoms with Crippen molar-refractivity contribution in [3.05, 3.63) is 255 Å². The van der Waals surface area contributed by atoms with Crippen molar-refractivity contribution in [2.24, 2.45) is 0 Å². The van der Waals surface area contributed by atoms with Crippen LogP contribution in [0.4, 0.5) is 34.1 Å². The Kier molecular flexibility index (Phi) is 10.0. The van der Waals surface area contributed by atoms with Gasteiger partial charge < -0.3 is 9.80 Å². The van der Waals surface area contributed by atoms with Crippen molar-refractivity contribution in [2.45, 2.75) is 0 Å². The van der Waals surface area contributed by atoms with E-state index < -0.39 is 0 Å². The maximum absolute atomic E-state index is 2.44. The summed E-state index contributed by atoms with van der Waals surface area (Å²) in [6.45, 7) is 0. The van der Waals surface area contributed by atoms with Crippen LogP contribution in [0.1, 0.15) is 0 Å². The van der Waals surface area contributed by atoms with Gasteiger partial charge in [-0.3, -0.25) is 0 Å². The van der Waals surface area contributed by atoms with Crippen molar-refractivity contribution < 1.29 is 0 Å². The average molecular weight is 767 g/mol. The molecule has 0 saturated heterocycles. The van der Waals surface area contributed by atoms with Gasteiger partial charge in [-0.05, 0) is 105 Å². The molecule has 10 rings (SSSR count). The third kappa shape index (κ3) is 7.12. The van der Waals surface area contributed by atoms with Crippen molar-refractivity contribution in [3.8, 4) is 44.5 Å². The molecule has 0 amide bonds. The van der Waals surface area contributed by atoms with E-state index in [-0.39, 0.29) is 0 Å². The lowest BCUT2D eigenvalue weighted by Crippen LogP contribution is -2.12. The highest BCUT2D eigenvalue weighted by molar-refractivity contribution is 6.06. The maximum Gasteiger partial charge on any atom is 0.0546 e. The second kappa shape index (κ2) is 16.5. The fraction of sp³-hybridized carbons (Fsp3) is 0. The molecule has 2 nitrogen and oxygen atoms in total. The highest BCUT2D eigenvalue weighted by Gasteiger charge is 2.22. The van der Waals surface area contributed by atoms with Crippen LogP contribution < -0.4 is 9.80 Å². The fourth-order valence-electron chi connectivity index (χ4n) is 8.46. The summed E-state index contributed by atoms with van der Waals surface area (Å²) in [7, 11) is 0. The molecule has 0 bridgehead atoms. The van der Waals surface area contributed by atoms with Crippen molar-refractivity contribution in [3.63, 3.8) is 0 Å². The van der Waals surface area contributed by atoms with E-state index in [1.807, 2.05) is 0 Å². The second-order valence-corrected chi connectivity index (χ2v) is 14.9. The first-order valence-corrected chi connectivity index (χ1v) is 20.5. The number of rotatable bonds is 10. The highest BCUT2D eigenvalue weighted by Crippen LogP contribution is 2.47. The number of para-hydroxylation sites is 3. The molecule has 0 aliphatic heterocycles. The van der Waals surface area contributed by atoms with Crippen LogP contribution in [0.3, 0.4) is 0 Å². The first kappa shape index (κ1) is 36.4. The van der Waals surface area contributed by atoms with Gasteiger partial charge in [0, 0.05) is 33.9 Å². The van der Waals surface area contributed by atoms with E-state index in [4.69, 9.17) is 0 Å². The Balaban J connectivity index is 1.08. The molecule has 10 aromatic rings. The van der Waals surface area contributed by atoms with Crippen LogP contribution in [0.2, 0.25) is 0 Å². The Hall–Kier alpha value is -7.94. The zero-order chi connectivity index (χ0) is 40.1. The van der Waals surface area contributed by atoms with Crippen molar-refractivity contribution in [1.29, 1.82) is 0 Å². The molecule has 2 heteroatoms. The lowest BCUT2D eigenvalue weighted by molar-refractivity contribution is 1.28. The van der Waals surface area contributed by atoms with E-state index >= 15 is 0 Å². The molecule has 284 valence electrons. The van der Waals surface area contributed by atoms with Gasteiger partial charge >= 0.3 is 0 Å². The molecule has 0 aliphatic carbocycles. The van der Waals surface area contributed by atoms with E-state index in [0.29, 0.717) is 0 Å². The lowest BCUT2D eigenvalue weighted by Gasteiger charge is -2.30. The zero-order valence-electron chi connectivity index (χ0n) is 33.1. The van der Waals surface area contributed by atoms with Gasteiger partial charge in [-0.15, -0.1) is 0 Å². The standard InChI is InChI=1S/C58H42N2/c1-5-19-43(20-6-1)54-30-17-18-32-56(54)60(57-42-37-44-21-13-14-31-55(44)58(57)47-22-7-2-8-23-47)51-40-35-46(36-41-51)53-29-16-15-28-52(53)45-33-38-50(39-34-45)59(48-24-9-3-10-25-48)49-26-11-4-12-27-49/h1-42H. The smallest absolute Gasteiger partial charge is 0.0546 e. The van der Waals surface area contributed by atoms with Crippen LogP contribution >= 0.6 is 0 Å². The first-order chi connectivity index (χ1) is 29.8. The van der Waals surface area contributed by atoms with Crippen molar-refractivity contribution in [2.75, 3.05) is 9.80 Å². The predicted octanol–water partition coefficient (Wildman–Crippen LogP) is 16.4. The molecule has 0 heterocycles. The number of fused-ring (bicyclic) bond motifs is 1. The summed E-state index contributed by atoms with van der Waals surface area (Å²) in [6, 6.07) is 91.4. The predicted molar refractivity (Wildman–Crippen MR) is 255 cm³/mol. The molecule has 0 aliphatic rings. The van der Waals surface area contributed by atoms with Crippen LogP contribution in [0.5, 0.6) is 0 Å². The summed E-state index contributed by atoms with van der Waals surface area (Å²) in [6.07, 6.45) is 0. The molecular weight excluding hydrogens is 725 g/mol. The van der Waals surface area contributed by atoms with Gasteiger partial charge in [0.25, 0.3) is 0 Å². The van der Waals surface area contributed by atoms with Gasteiger partial charge in [-0.2, -0.15) is 0 Å². The molecule has 0 fully saturated rings. The summed E-state index contributed by atoms with van der Waals surface area (Å²) in [5.41, 5.74) is 16.1. The SMILES string of the molecule is c1ccc(-c2ccccc2N(c2ccc(-c3ccccc3-c3ccc(N(c4ccccc4)c4ccccc4)cc3)cc2)c2ccc3ccccc3c2-c2ccccc2)cc1. The van der Waals surface area contributed by atoms with Crippen LogP contribution in [0.25, 0.3) is 55.3 Å². The van der Waals surface area contributed by atoms with Crippen LogP contribution in [0.15, 0.2) is 255 Å². The van der Waals surface area contributed by atoms with E-state index in [2.05, 4.69) is 265 Å². The number of benzene rings is 10. The fourth-order valence-corrected chi connectivity index (χ4v) is 8.46. The second-order valence-electron chi connectivity index (χ2n) is 14.9. The van der Waals surface area contributed by atoms with Crippen molar-refractivity contribution in [1.82, 2.24) is 0 Å². The molecule has 0 aromatic heterocycles. The summed E-state index contributed by atoms with van der Waals surface area (Å²) in [5.74, 6) is 0. The number of nitrogens with zero attached hydrogens (tertiary/aromatic N) is 2. The quantitative estimate of drug-likeness (QED) is 0.137. The van der Waals surface area contributed by atoms with Gasteiger partial charge in [-0.1, -0.05) is 194 Å². The lowest BCUT2D eigenvalue weighted by atomic mass is 9.93. The van der Waals surface area contributed by atoms with E-state index in [9.17, 15) is 0 Å². The summed E-state index contributed by atoms with van der Waals surface area (Å²) in [5, 5.41) is 2.43. The van der Waals surface area contributed by atoms with Crippen molar-refractivity contribution >= 4 is 44.9 Å². The first-order valence-electron chi connectivity index (χ1n) is 20.5. The van der Waals surface area contributed by atoms with Crippen LogP contribution in [-0.4, -0.2) is 0 Å². The third-order valence-electron chi connectivity index (χ3n) is 11.3. The van der Waals surface area contributed by atoms with Crippen LogP contribution in [-0.2, 0) is 0 Å². The van der Waals surface area contributed by atoms with Gasteiger partial charge in [0.1, 0.15) is 0 Å². The maximum atomic E-state index is 2.44. The molecule has 0 spiro atoms. The number of hydrogen-bond donors (Lipinski definition) is 0. The van der Waals surface area contributed by atoms with E-state index in [1.165, 1.54) is 49.7 Å². The number of anilines is 6. The van der Waals surface area contributed by atoms with Gasteiger partial charge in [0.15, 0.2) is 0 Å². The van der Waals surface area contributed by atoms with Gasteiger partial charge in [0.05, 0.1) is 11.4 Å². The molecule has 0 atom stereocenters. The molecule has 0 N–H and O–H groups in total. The number of hydrogen-bond acceptors (Lipinski definition) is 2. The molecule has 10 aromatic carbocycles. The Labute approximate surface area is 352 Å². The summed E-state index contributed by atoms with van der Waals surface area (Å²) >= 11 is 0. The Morgan fingerprint density at radius 3 is 1.18 bits per heavy atom. The Morgan fingerprint density at radius 2 is 0.617 bits per heavy atom. The Bertz CT molecular complexity index is 2960. The normalized spacial score (nSPS) is 11.0. The summed E-state index contributed by atoms with van der Waals surface area (Å²) in [4.78, 5) is 4.74. The van der Waals surface area contributed by atoms with E-state index in [1.54, 1.807) is 0 Å². The highest BCUT2D eigenvalue weighted by atomic mass is 15.2. The van der Waals surface area contributed by atoms with Crippen LogP contribution in [0, 0.1) is 0 Å². The minimum absolute atomic E-state index is 1.08. The topological polar surface area (TPSA) is 6.48 Å². The average Bonchev–Trinajstić information content (AvgIpc) is 3.33. The summed E-state index contributed by atoms with van der Waals surface area (Å²) < 4.78 is 0. The molecule has 0 unspecified atom stereocenters. The molecule has 60 heavy (non-hydrogen) atoms. The largest absolute Gasteiger partial charge is 0.311 e. The minimum Gasteiger partial charge on any atom is -0.311 e. The molecule has 0 radical (unpaired) electrons. The molecular formula is C58H42N2. The van der Waals surface area contributed by atoms with E-state index in [0.717, 1.165) is 39.7 Å². The monoisotopic (exact) mass is 766 g/mol. The van der Waals surface area contributed by atoms with Gasteiger partial charge in [-0.25, -0.2) is 0 Å². The zero-order valence-corrected chi connectivity index (χ0v) is 33.1. The molecule has 0 saturated carbocycles. The minimum atomic E-state index is 1.08. The van der Waals surface area contributed by atoms with Gasteiger partial charge in [0.2, 0.25) is 0 Å². The Morgan fingerprint density at radius 1 is 0.217 bits per heavy atom.